The average Bonchev–Trinajstić information content (AvgIpc) is 2.36. The fourth-order valence-electron chi connectivity index (χ4n) is 2.84. The highest BCUT2D eigenvalue weighted by Gasteiger charge is 2.24. The number of benzene rings is 1. The zero-order chi connectivity index (χ0) is 13.1. The number of halogens is 2. The molecule has 3 heteroatoms. The second-order valence-electron chi connectivity index (χ2n) is 5.60. The average molecular weight is 286 g/mol. The molecule has 0 heterocycles. The van der Waals surface area contributed by atoms with Crippen molar-refractivity contribution in [3.8, 4) is 0 Å². The van der Waals surface area contributed by atoms with Crippen molar-refractivity contribution in [2.24, 2.45) is 17.6 Å². The lowest BCUT2D eigenvalue weighted by atomic mass is 9.78. The van der Waals surface area contributed by atoms with Crippen LogP contribution in [0.4, 0.5) is 0 Å². The fourth-order valence-corrected chi connectivity index (χ4v) is 3.24. The molecule has 0 aromatic heterocycles. The Hall–Kier alpha value is -0.240. The third-order valence-corrected chi connectivity index (χ3v) is 5.01. The Morgan fingerprint density at radius 2 is 1.89 bits per heavy atom. The van der Waals surface area contributed by atoms with Crippen molar-refractivity contribution >= 4 is 23.2 Å². The highest BCUT2D eigenvalue weighted by molar-refractivity contribution is 6.42. The lowest BCUT2D eigenvalue weighted by Gasteiger charge is -2.30. The third kappa shape index (κ3) is 3.40. The number of hydrogen-bond acceptors (Lipinski definition) is 1. The van der Waals surface area contributed by atoms with Gasteiger partial charge in [0.25, 0.3) is 0 Å². The summed E-state index contributed by atoms with van der Waals surface area (Å²) < 4.78 is 0. The molecule has 2 rings (SSSR count). The maximum atomic E-state index is 6.34. The molecule has 0 aliphatic heterocycles. The van der Waals surface area contributed by atoms with Crippen LogP contribution in [-0.4, -0.2) is 6.04 Å². The summed E-state index contributed by atoms with van der Waals surface area (Å²) in [5, 5.41) is 1.29. The van der Waals surface area contributed by atoms with Gasteiger partial charge in [0, 0.05) is 6.04 Å². The Bertz CT molecular complexity index is 397. The van der Waals surface area contributed by atoms with Crippen molar-refractivity contribution in [2.75, 3.05) is 0 Å². The van der Waals surface area contributed by atoms with Crippen LogP contribution in [-0.2, 0) is 6.42 Å². The summed E-state index contributed by atoms with van der Waals surface area (Å²) in [6.07, 6.45) is 5.95. The van der Waals surface area contributed by atoms with Gasteiger partial charge in [-0.2, -0.15) is 0 Å². The number of nitrogens with two attached hydrogens (primary N) is 1. The first-order valence-electron chi connectivity index (χ1n) is 6.76. The van der Waals surface area contributed by atoms with Crippen LogP contribution in [0.25, 0.3) is 0 Å². The predicted molar refractivity (Wildman–Crippen MR) is 79.3 cm³/mol. The molecule has 1 aromatic carbocycles. The van der Waals surface area contributed by atoms with Gasteiger partial charge in [-0.25, -0.2) is 0 Å². The van der Waals surface area contributed by atoms with Crippen molar-refractivity contribution in [1.29, 1.82) is 0 Å². The zero-order valence-corrected chi connectivity index (χ0v) is 12.3. The van der Waals surface area contributed by atoms with Crippen LogP contribution >= 0.6 is 23.2 Å². The molecule has 0 saturated heterocycles. The van der Waals surface area contributed by atoms with E-state index in [1.165, 1.54) is 25.7 Å². The van der Waals surface area contributed by atoms with Crippen LogP contribution in [0.15, 0.2) is 18.2 Å². The largest absolute Gasteiger partial charge is 0.327 e. The van der Waals surface area contributed by atoms with Crippen molar-refractivity contribution in [1.82, 2.24) is 0 Å². The van der Waals surface area contributed by atoms with Gasteiger partial charge < -0.3 is 5.73 Å². The van der Waals surface area contributed by atoms with E-state index >= 15 is 0 Å². The standard InChI is InChI=1S/C15H21Cl2N/c1-10-5-7-11(8-6-10)14(18)9-12-3-2-4-13(16)15(12)17/h2-4,10-11,14H,5-9,18H2,1H3. The minimum absolute atomic E-state index is 0.202. The Balaban J connectivity index is 1.98. The van der Waals surface area contributed by atoms with Crippen molar-refractivity contribution in [3.63, 3.8) is 0 Å². The first kappa shape index (κ1) is 14.2. The van der Waals surface area contributed by atoms with Crippen LogP contribution in [0.5, 0.6) is 0 Å². The molecule has 0 bridgehead atoms. The fraction of sp³-hybridized carbons (Fsp3) is 0.600. The van der Waals surface area contributed by atoms with Gasteiger partial charge in [-0.15, -0.1) is 0 Å². The quantitative estimate of drug-likeness (QED) is 0.857. The van der Waals surface area contributed by atoms with Gasteiger partial charge >= 0.3 is 0 Å². The van der Waals surface area contributed by atoms with Gasteiger partial charge in [-0.3, -0.25) is 0 Å². The van der Waals surface area contributed by atoms with Gasteiger partial charge in [0.2, 0.25) is 0 Å². The molecule has 18 heavy (non-hydrogen) atoms. The van der Waals surface area contributed by atoms with E-state index in [0.29, 0.717) is 16.0 Å². The second kappa shape index (κ2) is 6.27. The van der Waals surface area contributed by atoms with Gasteiger partial charge in [0.05, 0.1) is 10.0 Å². The zero-order valence-electron chi connectivity index (χ0n) is 10.8. The monoisotopic (exact) mass is 285 g/mol. The molecule has 2 N–H and O–H groups in total. The van der Waals surface area contributed by atoms with E-state index in [0.717, 1.165) is 17.9 Å². The van der Waals surface area contributed by atoms with Gasteiger partial charge in [0.15, 0.2) is 0 Å². The summed E-state index contributed by atoms with van der Waals surface area (Å²) in [5.74, 6) is 1.50. The molecule has 0 radical (unpaired) electrons. The van der Waals surface area contributed by atoms with Crippen LogP contribution in [0, 0.1) is 11.8 Å². The van der Waals surface area contributed by atoms with Crippen LogP contribution in [0.1, 0.15) is 38.2 Å². The predicted octanol–water partition coefficient (Wildman–Crippen LogP) is 4.69. The summed E-state index contributed by atoms with van der Waals surface area (Å²) in [5.41, 5.74) is 7.42. The van der Waals surface area contributed by atoms with E-state index in [-0.39, 0.29) is 6.04 Å². The van der Waals surface area contributed by atoms with Crippen LogP contribution < -0.4 is 5.73 Å². The third-order valence-electron chi connectivity index (χ3n) is 4.15. The molecule has 1 nitrogen and oxygen atoms in total. The first-order chi connectivity index (χ1) is 8.58. The first-order valence-corrected chi connectivity index (χ1v) is 7.52. The highest BCUT2D eigenvalue weighted by atomic mass is 35.5. The molecule has 0 amide bonds. The molecular weight excluding hydrogens is 265 g/mol. The summed E-state index contributed by atoms with van der Waals surface area (Å²) >= 11 is 12.2. The molecule has 1 aromatic rings. The Morgan fingerprint density at radius 3 is 2.56 bits per heavy atom. The molecule has 1 saturated carbocycles. The number of hydrogen-bond donors (Lipinski definition) is 1. The SMILES string of the molecule is CC1CCC(C(N)Cc2cccc(Cl)c2Cl)CC1. The van der Waals surface area contributed by atoms with Crippen LogP contribution in [0.2, 0.25) is 10.0 Å². The van der Waals surface area contributed by atoms with Crippen molar-refractivity contribution in [2.45, 2.75) is 45.1 Å². The van der Waals surface area contributed by atoms with E-state index < -0.39 is 0 Å². The molecule has 1 aliphatic rings. The summed E-state index contributed by atoms with van der Waals surface area (Å²) in [6.45, 7) is 2.33. The molecule has 1 atom stereocenters. The topological polar surface area (TPSA) is 26.0 Å². The Morgan fingerprint density at radius 1 is 1.22 bits per heavy atom. The molecule has 1 unspecified atom stereocenters. The van der Waals surface area contributed by atoms with Crippen molar-refractivity contribution in [3.05, 3.63) is 33.8 Å². The summed E-state index contributed by atoms with van der Waals surface area (Å²) in [7, 11) is 0. The maximum Gasteiger partial charge on any atom is 0.0624 e. The van der Waals surface area contributed by atoms with Gasteiger partial charge in [-0.1, -0.05) is 55.1 Å². The van der Waals surface area contributed by atoms with Crippen molar-refractivity contribution < 1.29 is 0 Å². The Kier molecular flexibility index (Phi) is 4.94. The minimum Gasteiger partial charge on any atom is -0.327 e. The normalized spacial score (nSPS) is 26.0. The number of rotatable bonds is 3. The van der Waals surface area contributed by atoms with E-state index in [4.69, 9.17) is 28.9 Å². The highest BCUT2D eigenvalue weighted by Crippen LogP contribution is 2.32. The smallest absolute Gasteiger partial charge is 0.0624 e. The summed E-state index contributed by atoms with van der Waals surface area (Å²) in [6, 6.07) is 5.99. The minimum atomic E-state index is 0.202. The van der Waals surface area contributed by atoms with Gasteiger partial charge in [0.1, 0.15) is 0 Å². The molecular formula is C15H21Cl2N. The van der Waals surface area contributed by atoms with Crippen LogP contribution in [0.3, 0.4) is 0 Å². The van der Waals surface area contributed by atoms with E-state index in [2.05, 4.69) is 6.92 Å². The maximum absolute atomic E-state index is 6.34. The lowest BCUT2D eigenvalue weighted by Crippen LogP contribution is -2.34. The van der Waals surface area contributed by atoms with Gasteiger partial charge in [-0.05, 0) is 42.7 Å². The van der Waals surface area contributed by atoms with E-state index in [1.54, 1.807) is 0 Å². The van der Waals surface area contributed by atoms with E-state index in [9.17, 15) is 0 Å². The molecule has 0 spiro atoms. The Labute approximate surface area is 120 Å². The molecule has 1 fully saturated rings. The van der Waals surface area contributed by atoms with E-state index in [1.807, 2.05) is 18.2 Å². The molecule has 100 valence electrons. The lowest BCUT2D eigenvalue weighted by molar-refractivity contribution is 0.253. The second-order valence-corrected chi connectivity index (χ2v) is 6.39. The molecule has 1 aliphatic carbocycles. The summed E-state index contributed by atoms with van der Waals surface area (Å²) in [4.78, 5) is 0.